The lowest BCUT2D eigenvalue weighted by Gasteiger charge is -2.31. The number of piperidine rings is 1. The quantitative estimate of drug-likeness (QED) is 0.887. The summed E-state index contributed by atoms with van der Waals surface area (Å²) >= 11 is 0. The molecule has 1 unspecified atom stereocenters. The molecular weight excluding hydrogens is 234 g/mol. The van der Waals surface area contributed by atoms with Crippen LogP contribution in [0.25, 0.3) is 0 Å². The van der Waals surface area contributed by atoms with Crippen LogP contribution in [0.2, 0.25) is 0 Å². The lowest BCUT2D eigenvalue weighted by molar-refractivity contribution is 0.0284. The van der Waals surface area contributed by atoms with Gasteiger partial charge in [0.1, 0.15) is 5.76 Å². The number of aromatic carboxylic acids is 1. The number of hydrogen-bond acceptors (Lipinski definition) is 4. The average molecular weight is 253 g/mol. The zero-order chi connectivity index (χ0) is 13.1. The zero-order valence-corrected chi connectivity index (χ0v) is 10.8. The number of carboxylic acid groups (broad SMARTS) is 1. The molecule has 1 fully saturated rings. The van der Waals surface area contributed by atoms with E-state index in [1.165, 1.54) is 0 Å². The molecule has 0 aliphatic carbocycles. The van der Waals surface area contributed by atoms with Crippen molar-refractivity contribution in [3.8, 4) is 0 Å². The Labute approximate surface area is 106 Å². The number of carbonyl (C=O) groups is 1. The first-order valence-corrected chi connectivity index (χ1v) is 6.18. The van der Waals surface area contributed by atoms with Crippen LogP contribution in [-0.2, 0) is 11.3 Å². The molecule has 1 aliphatic rings. The molecule has 5 nitrogen and oxygen atoms in total. The van der Waals surface area contributed by atoms with Crippen molar-refractivity contribution in [2.24, 2.45) is 0 Å². The smallest absolute Gasteiger partial charge is 0.371 e. The minimum absolute atomic E-state index is 0.0165. The number of hydrogen-bond donors (Lipinski definition) is 1. The van der Waals surface area contributed by atoms with Crippen LogP contribution in [-0.4, -0.2) is 42.3 Å². The number of methoxy groups -OCH3 is 1. The third kappa shape index (κ3) is 2.91. The second-order valence-corrected chi connectivity index (χ2v) is 4.73. The fourth-order valence-corrected chi connectivity index (χ4v) is 2.37. The Bertz CT molecular complexity index is 427. The van der Waals surface area contributed by atoms with Crippen molar-refractivity contribution >= 4 is 5.97 Å². The van der Waals surface area contributed by atoms with E-state index in [-0.39, 0.29) is 11.9 Å². The standard InChI is InChI=1S/C13H19NO4/c1-9-10(6-12(18-9)13(15)16)7-14-5-3-4-11(8-14)17-2/h6,11H,3-5,7-8H2,1-2H3,(H,15,16). The molecule has 100 valence electrons. The van der Waals surface area contributed by atoms with Crippen molar-refractivity contribution in [1.29, 1.82) is 0 Å². The van der Waals surface area contributed by atoms with Crippen LogP contribution in [0.5, 0.6) is 0 Å². The minimum Gasteiger partial charge on any atom is -0.475 e. The predicted molar refractivity (Wildman–Crippen MR) is 65.7 cm³/mol. The lowest BCUT2D eigenvalue weighted by Crippen LogP contribution is -2.38. The molecule has 1 aromatic heterocycles. The van der Waals surface area contributed by atoms with Gasteiger partial charge in [-0.15, -0.1) is 0 Å². The van der Waals surface area contributed by atoms with E-state index < -0.39 is 5.97 Å². The first-order valence-electron chi connectivity index (χ1n) is 6.18. The topological polar surface area (TPSA) is 62.9 Å². The Morgan fingerprint density at radius 3 is 3.06 bits per heavy atom. The zero-order valence-electron chi connectivity index (χ0n) is 10.8. The van der Waals surface area contributed by atoms with E-state index in [9.17, 15) is 4.79 Å². The molecule has 2 rings (SSSR count). The van der Waals surface area contributed by atoms with Gasteiger partial charge in [-0.3, -0.25) is 4.90 Å². The molecule has 0 saturated carbocycles. The highest BCUT2D eigenvalue weighted by Gasteiger charge is 2.21. The number of nitrogens with zero attached hydrogens (tertiary/aromatic N) is 1. The van der Waals surface area contributed by atoms with Crippen molar-refractivity contribution in [3.05, 3.63) is 23.2 Å². The molecule has 0 radical (unpaired) electrons. The fraction of sp³-hybridized carbons (Fsp3) is 0.615. The Morgan fingerprint density at radius 2 is 2.44 bits per heavy atom. The molecule has 1 aromatic rings. The maximum atomic E-state index is 10.8. The third-order valence-corrected chi connectivity index (χ3v) is 3.42. The number of likely N-dealkylation sites (tertiary alicyclic amines) is 1. The summed E-state index contributed by atoms with van der Waals surface area (Å²) < 4.78 is 10.6. The van der Waals surface area contributed by atoms with E-state index in [0.717, 1.165) is 38.0 Å². The van der Waals surface area contributed by atoms with Gasteiger partial charge in [0, 0.05) is 25.8 Å². The Kier molecular flexibility index (Phi) is 4.04. The summed E-state index contributed by atoms with van der Waals surface area (Å²) in [4.78, 5) is 13.1. The van der Waals surface area contributed by atoms with Crippen molar-refractivity contribution in [2.75, 3.05) is 20.2 Å². The van der Waals surface area contributed by atoms with Crippen LogP contribution >= 0.6 is 0 Å². The van der Waals surface area contributed by atoms with Crippen molar-refractivity contribution in [3.63, 3.8) is 0 Å². The van der Waals surface area contributed by atoms with Gasteiger partial charge in [-0.2, -0.15) is 0 Å². The van der Waals surface area contributed by atoms with Crippen LogP contribution in [0.3, 0.4) is 0 Å². The maximum Gasteiger partial charge on any atom is 0.371 e. The summed E-state index contributed by atoms with van der Waals surface area (Å²) in [7, 11) is 1.74. The van der Waals surface area contributed by atoms with Crippen LogP contribution in [0, 0.1) is 6.92 Å². The highest BCUT2D eigenvalue weighted by atomic mass is 16.5. The van der Waals surface area contributed by atoms with E-state index in [2.05, 4.69) is 4.90 Å². The SMILES string of the molecule is COC1CCCN(Cc2cc(C(=O)O)oc2C)C1. The van der Waals surface area contributed by atoms with Gasteiger partial charge in [0.05, 0.1) is 6.10 Å². The molecule has 1 saturated heterocycles. The van der Waals surface area contributed by atoms with Crippen LogP contribution < -0.4 is 0 Å². The van der Waals surface area contributed by atoms with E-state index in [1.54, 1.807) is 20.1 Å². The first-order chi connectivity index (χ1) is 8.60. The van der Waals surface area contributed by atoms with Gasteiger partial charge in [0.2, 0.25) is 5.76 Å². The molecule has 0 amide bonds. The lowest BCUT2D eigenvalue weighted by atomic mass is 10.1. The summed E-state index contributed by atoms with van der Waals surface area (Å²) in [6.45, 7) is 4.44. The monoisotopic (exact) mass is 253 g/mol. The average Bonchev–Trinajstić information content (AvgIpc) is 2.71. The summed E-state index contributed by atoms with van der Waals surface area (Å²) in [6.07, 6.45) is 2.49. The molecular formula is C13H19NO4. The van der Waals surface area contributed by atoms with Gasteiger partial charge in [-0.25, -0.2) is 4.79 Å². The van der Waals surface area contributed by atoms with Gasteiger partial charge in [-0.05, 0) is 32.4 Å². The molecule has 1 aliphatic heterocycles. The summed E-state index contributed by atoms with van der Waals surface area (Å²) in [6, 6.07) is 1.62. The summed E-state index contributed by atoms with van der Waals surface area (Å²) in [5.74, 6) is -0.312. The number of rotatable bonds is 4. The molecule has 5 heteroatoms. The molecule has 0 bridgehead atoms. The number of ether oxygens (including phenoxy) is 1. The third-order valence-electron chi connectivity index (χ3n) is 3.42. The number of aryl methyl sites for hydroxylation is 1. The second kappa shape index (κ2) is 5.54. The molecule has 0 aromatic carbocycles. The number of furan rings is 1. The maximum absolute atomic E-state index is 10.8. The molecule has 1 atom stereocenters. The largest absolute Gasteiger partial charge is 0.475 e. The summed E-state index contributed by atoms with van der Waals surface area (Å²) in [5, 5.41) is 8.88. The Hall–Kier alpha value is -1.33. The van der Waals surface area contributed by atoms with Crippen molar-refractivity contribution in [1.82, 2.24) is 4.90 Å². The van der Waals surface area contributed by atoms with Crippen LogP contribution in [0.1, 0.15) is 34.7 Å². The van der Waals surface area contributed by atoms with Gasteiger partial charge >= 0.3 is 5.97 Å². The van der Waals surface area contributed by atoms with Crippen LogP contribution in [0.4, 0.5) is 0 Å². The first kappa shape index (κ1) is 13.1. The van der Waals surface area contributed by atoms with E-state index >= 15 is 0 Å². The second-order valence-electron chi connectivity index (χ2n) is 4.73. The van der Waals surface area contributed by atoms with Crippen molar-refractivity contribution < 1.29 is 19.1 Å². The van der Waals surface area contributed by atoms with Crippen LogP contribution in [0.15, 0.2) is 10.5 Å². The Balaban J connectivity index is 2.02. The molecule has 1 N–H and O–H groups in total. The number of carboxylic acids is 1. The van der Waals surface area contributed by atoms with Crippen molar-refractivity contribution in [2.45, 2.75) is 32.4 Å². The summed E-state index contributed by atoms with van der Waals surface area (Å²) in [5.41, 5.74) is 0.948. The Morgan fingerprint density at radius 1 is 1.67 bits per heavy atom. The van der Waals surface area contributed by atoms with Gasteiger partial charge < -0.3 is 14.3 Å². The molecule has 0 spiro atoms. The van der Waals surface area contributed by atoms with E-state index in [4.69, 9.17) is 14.3 Å². The van der Waals surface area contributed by atoms with Gasteiger partial charge in [0.15, 0.2) is 0 Å². The molecule has 2 heterocycles. The molecule has 18 heavy (non-hydrogen) atoms. The highest BCUT2D eigenvalue weighted by Crippen LogP contribution is 2.20. The predicted octanol–water partition coefficient (Wildman–Crippen LogP) is 1.90. The highest BCUT2D eigenvalue weighted by molar-refractivity contribution is 5.84. The van der Waals surface area contributed by atoms with E-state index in [0.29, 0.717) is 5.76 Å². The minimum atomic E-state index is -1.02. The fourth-order valence-electron chi connectivity index (χ4n) is 2.37. The van der Waals surface area contributed by atoms with Gasteiger partial charge in [-0.1, -0.05) is 0 Å². The van der Waals surface area contributed by atoms with Gasteiger partial charge in [0.25, 0.3) is 0 Å². The normalized spacial score (nSPS) is 21.1. The van der Waals surface area contributed by atoms with E-state index in [1.807, 2.05) is 0 Å².